The first-order chi connectivity index (χ1) is 8.59. The highest BCUT2D eigenvalue weighted by atomic mass is 127. The summed E-state index contributed by atoms with van der Waals surface area (Å²) in [6.07, 6.45) is 5.65. The molecule has 0 bridgehead atoms. The molecule has 0 radical (unpaired) electrons. The number of carbonyl (C=O) groups is 1. The van der Waals surface area contributed by atoms with Crippen molar-refractivity contribution in [2.24, 2.45) is 5.73 Å². The van der Waals surface area contributed by atoms with Crippen LogP contribution in [0, 0.1) is 3.57 Å². The van der Waals surface area contributed by atoms with Crippen LogP contribution in [-0.4, -0.2) is 18.0 Å². The number of benzene rings is 1. The Morgan fingerprint density at radius 2 is 2.06 bits per heavy atom. The standard InChI is InChI=1S/C14H19IN2O/c15-12-6-4-5-11(9-12)13(18)17-10-14(16)7-2-1-3-8-14/h4-6,9H,1-3,7-8,10,16H2,(H,17,18). The Balaban J connectivity index is 1.92. The molecule has 0 heterocycles. The van der Waals surface area contributed by atoms with Gasteiger partial charge in [0.25, 0.3) is 5.91 Å². The van der Waals surface area contributed by atoms with Gasteiger partial charge in [0, 0.05) is 21.2 Å². The van der Waals surface area contributed by atoms with E-state index in [1.54, 1.807) is 0 Å². The van der Waals surface area contributed by atoms with E-state index in [2.05, 4.69) is 27.9 Å². The molecule has 0 aromatic heterocycles. The van der Waals surface area contributed by atoms with E-state index >= 15 is 0 Å². The van der Waals surface area contributed by atoms with Crippen molar-refractivity contribution in [1.82, 2.24) is 5.32 Å². The molecular weight excluding hydrogens is 339 g/mol. The number of halogens is 1. The lowest BCUT2D eigenvalue weighted by atomic mass is 9.82. The zero-order chi connectivity index (χ0) is 13.0. The Morgan fingerprint density at radius 1 is 1.33 bits per heavy atom. The third-order valence-electron chi connectivity index (χ3n) is 3.54. The zero-order valence-corrected chi connectivity index (χ0v) is 12.6. The van der Waals surface area contributed by atoms with Crippen molar-refractivity contribution in [2.75, 3.05) is 6.54 Å². The van der Waals surface area contributed by atoms with E-state index in [-0.39, 0.29) is 11.4 Å². The Labute approximate surface area is 122 Å². The average Bonchev–Trinajstić information content (AvgIpc) is 2.37. The van der Waals surface area contributed by atoms with Gasteiger partial charge in [0.05, 0.1) is 0 Å². The van der Waals surface area contributed by atoms with Gasteiger partial charge >= 0.3 is 0 Å². The van der Waals surface area contributed by atoms with Gasteiger partial charge < -0.3 is 11.1 Å². The summed E-state index contributed by atoms with van der Waals surface area (Å²) < 4.78 is 1.07. The minimum absolute atomic E-state index is 0.0242. The number of amides is 1. The molecule has 0 atom stereocenters. The number of hydrogen-bond acceptors (Lipinski definition) is 2. The Kier molecular flexibility index (Phi) is 4.61. The molecule has 1 aromatic carbocycles. The molecule has 3 nitrogen and oxygen atoms in total. The van der Waals surface area contributed by atoms with Crippen molar-refractivity contribution in [3.8, 4) is 0 Å². The normalized spacial score (nSPS) is 18.3. The molecule has 0 unspecified atom stereocenters. The first kappa shape index (κ1) is 13.8. The molecule has 0 saturated heterocycles. The van der Waals surface area contributed by atoms with Crippen LogP contribution in [0.2, 0.25) is 0 Å². The van der Waals surface area contributed by atoms with Crippen molar-refractivity contribution in [3.05, 3.63) is 33.4 Å². The van der Waals surface area contributed by atoms with Crippen molar-refractivity contribution in [3.63, 3.8) is 0 Å². The second kappa shape index (κ2) is 6.02. The Morgan fingerprint density at radius 3 is 2.72 bits per heavy atom. The SMILES string of the molecule is NC1(CNC(=O)c2cccc(I)c2)CCCCC1. The van der Waals surface area contributed by atoms with Crippen LogP contribution in [0.1, 0.15) is 42.5 Å². The average molecular weight is 358 g/mol. The van der Waals surface area contributed by atoms with Gasteiger partial charge in [0.1, 0.15) is 0 Å². The van der Waals surface area contributed by atoms with E-state index in [4.69, 9.17) is 5.73 Å². The summed E-state index contributed by atoms with van der Waals surface area (Å²) >= 11 is 2.21. The summed E-state index contributed by atoms with van der Waals surface area (Å²) in [6.45, 7) is 0.581. The maximum Gasteiger partial charge on any atom is 0.251 e. The Bertz CT molecular complexity index is 428. The van der Waals surface area contributed by atoms with Gasteiger partial charge in [-0.25, -0.2) is 0 Å². The van der Waals surface area contributed by atoms with E-state index < -0.39 is 0 Å². The molecule has 3 N–H and O–H groups in total. The molecule has 1 aliphatic rings. The van der Waals surface area contributed by atoms with Gasteiger partial charge in [0.2, 0.25) is 0 Å². The Hall–Kier alpha value is -0.620. The first-order valence-corrected chi connectivity index (χ1v) is 7.50. The quantitative estimate of drug-likeness (QED) is 0.817. The summed E-state index contributed by atoms with van der Waals surface area (Å²) in [5, 5.41) is 2.97. The fraction of sp³-hybridized carbons (Fsp3) is 0.500. The third-order valence-corrected chi connectivity index (χ3v) is 4.21. The molecule has 1 fully saturated rings. The number of carbonyl (C=O) groups excluding carboxylic acids is 1. The van der Waals surface area contributed by atoms with Gasteiger partial charge in [0.15, 0.2) is 0 Å². The largest absolute Gasteiger partial charge is 0.350 e. The highest BCUT2D eigenvalue weighted by Gasteiger charge is 2.27. The molecule has 0 aliphatic heterocycles. The van der Waals surface area contributed by atoms with Gasteiger partial charge in [-0.3, -0.25) is 4.79 Å². The van der Waals surface area contributed by atoms with Gasteiger partial charge in [-0.2, -0.15) is 0 Å². The molecule has 1 saturated carbocycles. The van der Waals surface area contributed by atoms with Gasteiger partial charge in [-0.05, 0) is 53.6 Å². The van der Waals surface area contributed by atoms with Crippen LogP contribution in [0.15, 0.2) is 24.3 Å². The third kappa shape index (κ3) is 3.68. The van der Waals surface area contributed by atoms with Crippen LogP contribution in [0.3, 0.4) is 0 Å². The summed E-state index contributed by atoms with van der Waals surface area (Å²) in [4.78, 5) is 12.0. The molecule has 0 spiro atoms. The van der Waals surface area contributed by atoms with E-state index in [1.165, 1.54) is 19.3 Å². The number of rotatable bonds is 3. The highest BCUT2D eigenvalue weighted by molar-refractivity contribution is 14.1. The van der Waals surface area contributed by atoms with E-state index in [0.29, 0.717) is 12.1 Å². The summed E-state index contributed by atoms with van der Waals surface area (Å²) in [5.41, 5.74) is 6.81. The summed E-state index contributed by atoms with van der Waals surface area (Å²) in [6, 6.07) is 7.60. The van der Waals surface area contributed by atoms with E-state index in [0.717, 1.165) is 16.4 Å². The molecule has 1 aliphatic carbocycles. The van der Waals surface area contributed by atoms with Gasteiger partial charge in [-0.15, -0.1) is 0 Å². The molecule has 1 aromatic rings. The lowest BCUT2D eigenvalue weighted by molar-refractivity contribution is 0.0937. The summed E-state index contributed by atoms with van der Waals surface area (Å²) in [5.74, 6) is -0.0242. The molecule has 1 amide bonds. The van der Waals surface area contributed by atoms with Crippen LogP contribution >= 0.6 is 22.6 Å². The van der Waals surface area contributed by atoms with Crippen molar-refractivity contribution >= 4 is 28.5 Å². The number of nitrogens with one attached hydrogen (secondary N) is 1. The van der Waals surface area contributed by atoms with Gasteiger partial charge in [-0.1, -0.05) is 25.3 Å². The lowest BCUT2D eigenvalue weighted by Crippen LogP contribution is -2.51. The monoisotopic (exact) mass is 358 g/mol. The molecule has 98 valence electrons. The fourth-order valence-electron chi connectivity index (χ4n) is 2.42. The van der Waals surface area contributed by atoms with Crippen molar-refractivity contribution in [1.29, 1.82) is 0 Å². The number of nitrogens with two attached hydrogens (primary N) is 1. The van der Waals surface area contributed by atoms with Crippen LogP contribution in [0.4, 0.5) is 0 Å². The maximum atomic E-state index is 12.0. The maximum absolute atomic E-state index is 12.0. The van der Waals surface area contributed by atoms with Crippen molar-refractivity contribution in [2.45, 2.75) is 37.6 Å². The molecular formula is C14H19IN2O. The molecule has 18 heavy (non-hydrogen) atoms. The predicted octanol–water partition coefficient (Wildman–Crippen LogP) is 2.68. The second-order valence-electron chi connectivity index (χ2n) is 5.12. The predicted molar refractivity (Wildman–Crippen MR) is 81.5 cm³/mol. The van der Waals surface area contributed by atoms with E-state index in [9.17, 15) is 4.79 Å². The lowest BCUT2D eigenvalue weighted by Gasteiger charge is -2.33. The van der Waals surface area contributed by atoms with Crippen LogP contribution < -0.4 is 11.1 Å². The second-order valence-corrected chi connectivity index (χ2v) is 6.36. The number of hydrogen-bond donors (Lipinski definition) is 2. The van der Waals surface area contributed by atoms with Crippen LogP contribution in [0.25, 0.3) is 0 Å². The highest BCUT2D eigenvalue weighted by Crippen LogP contribution is 2.25. The molecule has 4 heteroatoms. The van der Waals surface area contributed by atoms with Crippen molar-refractivity contribution < 1.29 is 4.79 Å². The zero-order valence-electron chi connectivity index (χ0n) is 10.4. The minimum Gasteiger partial charge on any atom is -0.350 e. The van der Waals surface area contributed by atoms with E-state index in [1.807, 2.05) is 24.3 Å². The van der Waals surface area contributed by atoms with Crippen LogP contribution in [-0.2, 0) is 0 Å². The molecule has 2 rings (SSSR count). The first-order valence-electron chi connectivity index (χ1n) is 6.42. The fourth-order valence-corrected chi connectivity index (χ4v) is 2.96. The minimum atomic E-state index is -0.199. The smallest absolute Gasteiger partial charge is 0.251 e. The topological polar surface area (TPSA) is 55.1 Å². The summed E-state index contributed by atoms with van der Waals surface area (Å²) in [7, 11) is 0. The van der Waals surface area contributed by atoms with Crippen LogP contribution in [0.5, 0.6) is 0 Å².